The Morgan fingerprint density at radius 3 is 2.86 bits per heavy atom. The number of H-pyrrole nitrogens is 1. The maximum Gasteiger partial charge on any atom is 0.226 e. The summed E-state index contributed by atoms with van der Waals surface area (Å²) >= 11 is 0. The van der Waals surface area contributed by atoms with Gasteiger partial charge in [-0.3, -0.25) is 5.10 Å². The summed E-state index contributed by atoms with van der Waals surface area (Å²) in [6, 6.07) is 0.484. The number of rotatable bonds is 5. The Morgan fingerprint density at radius 2 is 2.14 bits per heavy atom. The molecule has 3 atom stereocenters. The summed E-state index contributed by atoms with van der Waals surface area (Å²) in [6.07, 6.45) is 5.56. The summed E-state index contributed by atoms with van der Waals surface area (Å²) in [4.78, 5) is 9.05. The second-order valence-corrected chi connectivity index (χ2v) is 5.91. The molecule has 2 heterocycles. The van der Waals surface area contributed by atoms with Gasteiger partial charge in [-0.25, -0.2) is 0 Å². The number of aromatic nitrogens is 4. The van der Waals surface area contributed by atoms with Crippen LogP contribution in [0, 0.1) is 11.8 Å². The number of aromatic amines is 1. The molecule has 0 spiro atoms. The summed E-state index contributed by atoms with van der Waals surface area (Å²) in [5, 5.41) is 14.8. The molecule has 6 nitrogen and oxygen atoms in total. The zero-order chi connectivity index (χ0) is 14.8. The minimum Gasteiger partial charge on any atom is -0.366 e. The van der Waals surface area contributed by atoms with Crippen molar-refractivity contribution in [3.63, 3.8) is 0 Å². The molecule has 1 fully saturated rings. The van der Waals surface area contributed by atoms with E-state index in [1.807, 2.05) is 6.92 Å². The summed E-state index contributed by atoms with van der Waals surface area (Å²) in [5.74, 6) is 3.03. The third kappa shape index (κ3) is 2.66. The van der Waals surface area contributed by atoms with Gasteiger partial charge in [0.15, 0.2) is 5.65 Å². The summed E-state index contributed by atoms with van der Waals surface area (Å²) in [6.45, 7) is 7.47. The van der Waals surface area contributed by atoms with Crippen LogP contribution < -0.4 is 10.6 Å². The van der Waals surface area contributed by atoms with Crippen molar-refractivity contribution in [1.29, 1.82) is 0 Å². The van der Waals surface area contributed by atoms with Crippen LogP contribution in [0.25, 0.3) is 11.0 Å². The molecule has 114 valence electrons. The van der Waals surface area contributed by atoms with Gasteiger partial charge in [0.05, 0.1) is 11.6 Å². The molecular weight excluding hydrogens is 264 g/mol. The van der Waals surface area contributed by atoms with E-state index in [2.05, 4.69) is 44.6 Å². The van der Waals surface area contributed by atoms with Crippen molar-refractivity contribution < 1.29 is 0 Å². The molecule has 0 amide bonds. The smallest absolute Gasteiger partial charge is 0.226 e. The normalized spacial score (nSPS) is 25.4. The molecule has 3 rings (SSSR count). The fourth-order valence-corrected chi connectivity index (χ4v) is 3.39. The number of anilines is 2. The molecule has 0 saturated heterocycles. The van der Waals surface area contributed by atoms with Crippen LogP contribution in [0.2, 0.25) is 0 Å². The SMILES string of the molecule is CCNc1nc(NC2CCC(CC)C2C)c2cn[nH]c2n1. The van der Waals surface area contributed by atoms with E-state index < -0.39 is 0 Å². The van der Waals surface area contributed by atoms with Gasteiger partial charge >= 0.3 is 0 Å². The lowest BCUT2D eigenvalue weighted by atomic mass is 9.93. The van der Waals surface area contributed by atoms with Gasteiger partial charge in [0, 0.05) is 12.6 Å². The molecule has 0 aromatic carbocycles. The number of nitrogens with one attached hydrogen (secondary N) is 3. The molecule has 21 heavy (non-hydrogen) atoms. The van der Waals surface area contributed by atoms with Gasteiger partial charge in [0.2, 0.25) is 5.95 Å². The number of hydrogen-bond donors (Lipinski definition) is 3. The minimum atomic E-state index is 0.484. The van der Waals surface area contributed by atoms with Crippen molar-refractivity contribution >= 4 is 22.8 Å². The molecule has 1 saturated carbocycles. The number of hydrogen-bond acceptors (Lipinski definition) is 5. The van der Waals surface area contributed by atoms with Crippen molar-refractivity contribution in [2.75, 3.05) is 17.2 Å². The average molecular weight is 288 g/mol. The third-order valence-corrected chi connectivity index (χ3v) is 4.72. The number of fused-ring (bicyclic) bond motifs is 1. The second kappa shape index (κ2) is 5.87. The van der Waals surface area contributed by atoms with Gasteiger partial charge in [0.25, 0.3) is 0 Å². The Morgan fingerprint density at radius 1 is 1.29 bits per heavy atom. The molecule has 3 N–H and O–H groups in total. The fourth-order valence-electron chi connectivity index (χ4n) is 3.39. The topological polar surface area (TPSA) is 78.5 Å². The summed E-state index contributed by atoms with van der Waals surface area (Å²) in [7, 11) is 0. The van der Waals surface area contributed by atoms with Crippen molar-refractivity contribution in [1.82, 2.24) is 20.2 Å². The quantitative estimate of drug-likeness (QED) is 0.788. The lowest BCUT2D eigenvalue weighted by molar-refractivity contribution is 0.391. The Labute approximate surface area is 125 Å². The van der Waals surface area contributed by atoms with Gasteiger partial charge < -0.3 is 10.6 Å². The van der Waals surface area contributed by atoms with E-state index in [9.17, 15) is 0 Å². The van der Waals surface area contributed by atoms with E-state index in [1.165, 1.54) is 19.3 Å². The Balaban J connectivity index is 1.87. The Hall–Kier alpha value is -1.85. The van der Waals surface area contributed by atoms with Gasteiger partial charge in [-0.2, -0.15) is 15.1 Å². The first-order valence-electron chi connectivity index (χ1n) is 7.94. The van der Waals surface area contributed by atoms with E-state index in [4.69, 9.17) is 0 Å². The van der Waals surface area contributed by atoms with E-state index in [1.54, 1.807) is 6.20 Å². The highest BCUT2D eigenvalue weighted by molar-refractivity contribution is 5.87. The first kappa shape index (κ1) is 14.1. The van der Waals surface area contributed by atoms with Crippen LogP contribution in [-0.4, -0.2) is 32.8 Å². The monoisotopic (exact) mass is 288 g/mol. The zero-order valence-corrected chi connectivity index (χ0v) is 13.0. The maximum atomic E-state index is 4.62. The van der Waals surface area contributed by atoms with E-state index in [0.717, 1.165) is 29.3 Å². The van der Waals surface area contributed by atoms with Gasteiger partial charge in [0.1, 0.15) is 5.82 Å². The van der Waals surface area contributed by atoms with E-state index in [-0.39, 0.29) is 0 Å². The van der Waals surface area contributed by atoms with Crippen LogP contribution in [-0.2, 0) is 0 Å². The highest BCUT2D eigenvalue weighted by Crippen LogP contribution is 2.36. The number of nitrogens with zero attached hydrogens (tertiary/aromatic N) is 3. The second-order valence-electron chi connectivity index (χ2n) is 5.91. The van der Waals surface area contributed by atoms with Crippen LogP contribution in [0.3, 0.4) is 0 Å². The summed E-state index contributed by atoms with van der Waals surface area (Å²) in [5.41, 5.74) is 0.779. The van der Waals surface area contributed by atoms with E-state index in [0.29, 0.717) is 17.9 Å². The van der Waals surface area contributed by atoms with Crippen LogP contribution in [0.1, 0.15) is 40.0 Å². The molecule has 0 bridgehead atoms. The van der Waals surface area contributed by atoms with Crippen LogP contribution >= 0.6 is 0 Å². The van der Waals surface area contributed by atoms with Gasteiger partial charge in [-0.05, 0) is 31.6 Å². The van der Waals surface area contributed by atoms with Gasteiger partial charge in [-0.1, -0.05) is 20.3 Å². The lowest BCUT2D eigenvalue weighted by Crippen LogP contribution is -2.25. The molecule has 6 heteroatoms. The van der Waals surface area contributed by atoms with Crippen molar-refractivity contribution in [2.45, 2.75) is 46.1 Å². The molecule has 0 radical (unpaired) electrons. The van der Waals surface area contributed by atoms with Gasteiger partial charge in [-0.15, -0.1) is 0 Å². The fraction of sp³-hybridized carbons (Fsp3) is 0.667. The minimum absolute atomic E-state index is 0.484. The first-order chi connectivity index (χ1) is 10.2. The molecule has 2 aromatic heterocycles. The highest BCUT2D eigenvalue weighted by atomic mass is 15.2. The predicted molar refractivity (Wildman–Crippen MR) is 85.4 cm³/mol. The molecule has 0 aliphatic heterocycles. The third-order valence-electron chi connectivity index (χ3n) is 4.72. The Bertz CT molecular complexity index is 607. The zero-order valence-electron chi connectivity index (χ0n) is 13.0. The average Bonchev–Trinajstić information content (AvgIpc) is 3.07. The maximum absolute atomic E-state index is 4.62. The van der Waals surface area contributed by atoms with Crippen LogP contribution in [0.4, 0.5) is 11.8 Å². The molecular formula is C15H24N6. The highest BCUT2D eigenvalue weighted by Gasteiger charge is 2.32. The standard InChI is InChI=1S/C15H24N6/c1-4-10-6-7-12(9(10)3)18-13-11-8-17-21-14(11)20-15(19-13)16-5-2/h8-10,12H,4-7H2,1-3H3,(H3,16,17,18,19,20,21). The van der Waals surface area contributed by atoms with Crippen LogP contribution in [0.5, 0.6) is 0 Å². The molecule has 2 aromatic rings. The molecule has 1 aliphatic rings. The predicted octanol–water partition coefficient (Wildman–Crippen LogP) is 3.02. The van der Waals surface area contributed by atoms with Crippen LogP contribution in [0.15, 0.2) is 6.20 Å². The van der Waals surface area contributed by atoms with Crippen molar-refractivity contribution in [2.24, 2.45) is 11.8 Å². The van der Waals surface area contributed by atoms with Crippen molar-refractivity contribution in [3.8, 4) is 0 Å². The molecule has 3 unspecified atom stereocenters. The Kier molecular flexibility index (Phi) is 3.94. The summed E-state index contributed by atoms with van der Waals surface area (Å²) < 4.78 is 0. The lowest BCUT2D eigenvalue weighted by Gasteiger charge is -2.22. The largest absolute Gasteiger partial charge is 0.366 e. The van der Waals surface area contributed by atoms with Crippen molar-refractivity contribution in [3.05, 3.63) is 6.20 Å². The molecule has 1 aliphatic carbocycles. The first-order valence-corrected chi connectivity index (χ1v) is 7.94. The van der Waals surface area contributed by atoms with E-state index >= 15 is 0 Å².